The molecule has 27 heavy (non-hydrogen) atoms. The lowest BCUT2D eigenvalue weighted by Crippen LogP contribution is -2.42. The molecular formula is C19H23ClN4O2S. The van der Waals surface area contributed by atoms with Gasteiger partial charge >= 0.3 is 0 Å². The lowest BCUT2D eigenvalue weighted by Gasteiger charge is -2.29. The molecule has 0 radical (unpaired) electrons. The molecule has 1 N–H and O–H groups in total. The van der Waals surface area contributed by atoms with Crippen LogP contribution in [0.4, 0.5) is 5.69 Å². The van der Waals surface area contributed by atoms with Crippen LogP contribution >= 0.6 is 22.9 Å². The average molecular weight is 407 g/mol. The third-order valence-electron chi connectivity index (χ3n) is 4.25. The van der Waals surface area contributed by atoms with Gasteiger partial charge in [-0.25, -0.2) is 0 Å². The standard InChI is InChI=1S/C19H23ClN4O2S/c1-21-19(23(2)12-14-8-9-17(20)27-14)22-10-5-11-24-15-6-3-4-7-16(15)26-13-18(24)25/h3-4,6-9H,5,10-13H2,1-2H3,(H,21,22). The number of nitrogens with one attached hydrogen (secondary N) is 1. The molecule has 0 spiro atoms. The molecule has 0 aliphatic carbocycles. The van der Waals surface area contributed by atoms with Gasteiger partial charge in [-0.15, -0.1) is 11.3 Å². The summed E-state index contributed by atoms with van der Waals surface area (Å²) < 4.78 is 6.27. The number of nitrogens with zero attached hydrogens (tertiary/aromatic N) is 3. The first-order chi connectivity index (χ1) is 13.1. The number of thiophene rings is 1. The molecule has 2 heterocycles. The van der Waals surface area contributed by atoms with Crippen LogP contribution in [0, 0.1) is 0 Å². The largest absolute Gasteiger partial charge is 0.482 e. The predicted molar refractivity (Wildman–Crippen MR) is 111 cm³/mol. The summed E-state index contributed by atoms with van der Waals surface area (Å²) in [7, 11) is 3.76. The van der Waals surface area contributed by atoms with Crippen LogP contribution in [0.5, 0.6) is 5.75 Å². The maximum atomic E-state index is 12.2. The molecule has 0 atom stereocenters. The lowest BCUT2D eigenvalue weighted by atomic mass is 10.2. The smallest absolute Gasteiger partial charge is 0.265 e. The van der Waals surface area contributed by atoms with E-state index < -0.39 is 0 Å². The molecule has 0 saturated carbocycles. The number of hydrogen-bond acceptors (Lipinski definition) is 4. The first kappa shape index (κ1) is 19.5. The van der Waals surface area contributed by atoms with Gasteiger partial charge in [0, 0.05) is 32.1 Å². The first-order valence-electron chi connectivity index (χ1n) is 8.76. The Morgan fingerprint density at radius 2 is 2.19 bits per heavy atom. The van der Waals surface area contributed by atoms with Gasteiger partial charge in [0.25, 0.3) is 5.91 Å². The van der Waals surface area contributed by atoms with Crippen molar-refractivity contribution in [1.82, 2.24) is 10.2 Å². The summed E-state index contributed by atoms with van der Waals surface area (Å²) in [6.45, 7) is 2.19. The molecule has 0 bridgehead atoms. The van der Waals surface area contributed by atoms with Gasteiger partial charge in [0.05, 0.1) is 16.6 Å². The molecular weight excluding hydrogens is 384 g/mol. The third kappa shape index (κ3) is 4.93. The second kappa shape index (κ2) is 9.10. The number of aliphatic imine (C=N–C) groups is 1. The predicted octanol–water partition coefficient (Wildman–Crippen LogP) is 3.22. The summed E-state index contributed by atoms with van der Waals surface area (Å²) in [5, 5.41) is 3.35. The lowest BCUT2D eigenvalue weighted by molar-refractivity contribution is -0.121. The maximum absolute atomic E-state index is 12.2. The Kier molecular flexibility index (Phi) is 6.58. The minimum atomic E-state index is -0.00947. The van der Waals surface area contributed by atoms with Crippen LogP contribution in [-0.4, -0.2) is 50.6 Å². The number of fused-ring (bicyclic) bond motifs is 1. The Balaban J connectivity index is 1.49. The van der Waals surface area contributed by atoms with Crippen LogP contribution in [0.15, 0.2) is 41.4 Å². The molecule has 6 nitrogen and oxygen atoms in total. The van der Waals surface area contributed by atoms with Crippen LogP contribution < -0.4 is 15.0 Å². The number of anilines is 1. The molecule has 1 aliphatic rings. The van der Waals surface area contributed by atoms with Gasteiger partial charge in [-0.3, -0.25) is 9.79 Å². The van der Waals surface area contributed by atoms with Crippen molar-refractivity contribution in [2.75, 3.05) is 38.7 Å². The number of guanidine groups is 1. The van der Waals surface area contributed by atoms with E-state index >= 15 is 0 Å². The minimum absolute atomic E-state index is 0.00947. The van der Waals surface area contributed by atoms with Gasteiger partial charge in [-0.2, -0.15) is 0 Å². The summed E-state index contributed by atoms with van der Waals surface area (Å²) >= 11 is 7.56. The average Bonchev–Trinajstić information content (AvgIpc) is 3.07. The Morgan fingerprint density at radius 1 is 1.37 bits per heavy atom. The Labute approximate surface area is 168 Å². The molecule has 0 unspecified atom stereocenters. The summed E-state index contributed by atoms with van der Waals surface area (Å²) in [6, 6.07) is 11.6. The van der Waals surface area contributed by atoms with Crippen molar-refractivity contribution < 1.29 is 9.53 Å². The fourth-order valence-electron chi connectivity index (χ4n) is 2.97. The normalized spacial score (nSPS) is 14.0. The van der Waals surface area contributed by atoms with Gasteiger partial charge in [0.2, 0.25) is 0 Å². The number of para-hydroxylation sites is 2. The summed E-state index contributed by atoms with van der Waals surface area (Å²) in [6.07, 6.45) is 0.803. The van der Waals surface area contributed by atoms with E-state index in [0.29, 0.717) is 6.54 Å². The van der Waals surface area contributed by atoms with Crippen molar-refractivity contribution in [2.24, 2.45) is 4.99 Å². The minimum Gasteiger partial charge on any atom is -0.482 e. The van der Waals surface area contributed by atoms with E-state index in [4.69, 9.17) is 16.3 Å². The van der Waals surface area contributed by atoms with Gasteiger partial charge < -0.3 is 19.9 Å². The SMILES string of the molecule is CN=C(NCCCN1C(=O)COc2ccccc21)N(C)Cc1ccc(Cl)s1. The first-order valence-corrected chi connectivity index (χ1v) is 9.96. The Bertz CT molecular complexity index is 824. The zero-order chi connectivity index (χ0) is 19.2. The van der Waals surface area contributed by atoms with Crippen LogP contribution in [0.25, 0.3) is 0 Å². The quantitative estimate of drug-likeness (QED) is 0.454. The van der Waals surface area contributed by atoms with E-state index in [2.05, 4.69) is 15.2 Å². The van der Waals surface area contributed by atoms with E-state index in [0.717, 1.165) is 41.2 Å². The number of carbonyl (C=O) groups excluding carboxylic acids is 1. The van der Waals surface area contributed by atoms with Gasteiger partial charge in [0.15, 0.2) is 12.6 Å². The zero-order valence-corrected chi connectivity index (χ0v) is 17.0. The fraction of sp³-hybridized carbons (Fsp3) is 0.368. The van der Waals surface area contributed by atoms with E-state index in [1.807, 2.05) is 43.4 Å². The molecule has 0 saturated heterocycles. The third-order valence-corrected chi connectivity index (χ3v) is 5.46. The number of rotatable bonds is 6. The van der Waals surface area contributed by atoms with Crippen LogP contribution in [-0.2, 0) is 11.3 Å². The molecule has 0 fully saturated rings. The Morgan fingerprint density at radius 3 is 2.93 bits per heavy atom. The van der Waals surface area contributed by atoms with E-state index in [9.17, 15) is 4.79 Å². The second-order valence-electron chi connectivity index (χ2n) is 6.19. The van der Waals surface area contributed by atoms with E-state index in [-0.39, 0.29) is 12.5 Å². The molecule has 1 aromatic carbocycles. The van der Waals surface area contributed by atoms with Crippen molar-refractivity contribution in [2.45, 2.75) is 13.0 Å². The van der Waals surface area contributed by atoms with E-state index in [1.54, 1.807) is 23.3 Å². The molecule has 144 valence electrons. The molecule has 8 heteroatoms. The van der Waals surface area contributed by atoms with E-state index in [1.165, 1.54) is 4.88 Å². The summed E-state index contributed by atoms with van der Waals surface area (Å²) in [5.41, 5.74) is 0.838. The van der Waals surface area contributed by atoms with Gasteiger partial charge in [-0.05, 0) is 30.7 Å². The highest BCUT2D eigenvalue weighted by molar-refractivity contribution is 7.16. The van der Waals surface area contributed by atoms with Crippen molar-refractivity contribution in [3.8, 4) is 5.75 Å². The zero-order valence-electron chi connectivity index (χ0n) is 15.4. The molecule has 2 aromatic rings. The number of halogens is 1. The number of ether oxygens (including phenoxy) is 1. The van der Waals surface area contributed by atoms with Crippen LogP contribution in [0.1, 0.15) is 11.3 Å². The fourth-order valence-corrected chi connectivity index (χ4v) is 4.11. The van der Waals surface area contributed by atoms with Crippen LogP contribution in [0.3, 0.4) is 0 Å². The van der Waals surface area contributed by atoms with Gasteiger partial charge in [-0.1, -0.05) is 23.7 Å². The number of amides is 1. The van der Waals surface area contributed by atoms with Crippen molar-refractivity contribution in [3.63, 3.8) is 0 Å². The molecule has 3 rings (SSSR count). The summed E-state index contributed by atoms with van der Waals surface area (Å²) in [5.74, 6) is 1.56. The maximum Gasteiger partial charge on any atom is 0.265 e. The van der Waals surface area contributed by atoms with Gasteiger partial charge in [0.1, 0.15) is 5.75 Å². The highest BCUT2D eigenvalue weighted by atomic mass is 35.5. The van der Waals surface area contributed by atoms with Crippen LogP contribution in [0.2, 0.25) is 4.34 Å². The number of hydrogen-bond donors (Lipinski definition) is 1. The molecule has 1 amide bonds. The highest BCUT2D eigenvalue weighted by Gasteiger charge is 2.24. The second-order valence-corrected chi connectivity index (χ2v) is 7.99. The monoisotopic (exact) mass is 406 g/mol. The van der Waals surface area contributed by atoms with Crippen molar-refractivity contribution in [3.05, 3.63) is 45.6 Å². The van der Waals surface area contributed by atoms with Crippen molar-refractivity contribution >= 4 is 40.5 Å². The number of carbonyl (C=O) groups is 1. The Hall–Kier alpha value is -2.25. The highest BCUT2D eigenvalue weighted by Crippen LogP contribution is 2.31. The molecule has 1 aromatic heterocycles. The number of benzene rings is 1. The topological polar surface area (TPSA) is 57.2 Å². The summed E-state index contributed by atoms with van der Waals surface area (Å²) in [4.78, 5) is 21.5. The molecule has 1 aliphatic heterocycles. The van der Waals surface area contributed by atoms with Crippen molar-refractivity contribution in [1.29, 1.82) is 0 Å².